The monoisotopic (exact) mass is 299 g/mol. The van der Waals surface area contributed by atoms with Crippen molar-refractivity contribution in [2.45, 2.75) is 13.1 Å². The Morgan fingerprint density at radius 2 is 2.06 bits per heavy atom. The van der Waals surface area contributed by atoms with Crippen molar-refractivity contribution in [3.63, 3.8) is 0 Å². The van der Waals surface area contributed by atoms with Gasteiger partial charge in [-0.25, -0.2) is 0 Å². The van der Waals surface area contributed by atoms with E-state index in [0.29, 0.717) is 6.54 Å². The third-order valence-corrected chi connectivity index (χ3v) is 2.81. The van der Waals surface area contributed by atoms with Crippen molar-refractivity contribution in [1.82, 2.24) is 5.32 Å². The molecule has 0 amide bonds. The number of hydrogen-bond donors (Lipinski definition) is 1. The Hall–Kier alpha value is -0.770. The van der Waals surface area contributed by atoms with Crippen molar-refractivity contribution >= 4 is 27.5 Å². The van der Waals surface area contributed by atoms with Gasteiger partial charge in [-0.2, -0.15) is 0 Å². The van der Waals surface area contributed by atoms with Gasteiger partial charge in [-0.3, -0.25) is 0 Å². The summed E-state index contributed by atoms with van der Waals surface area (Å²) in [5, 5.41) is 4.05. The van der Waals surface area contributed by atoms with Crippen molar-refractivity contribution in [2.75, 3.05) is 0 Å². The fraction of sp³-hybridized carbons (Fsp3) is 0.167. The lowest BCUT2D eigenvalue weighted by molar-refractivity contribution is 0.465. The van der Waals surface area contributed by atoms with Crippen molar-refractivity contribution in [3.05, 3.63) is 57.4 Å². The number of rotatable bonds is 4. The minimum atomic E-state index is 0.706. The van der Waals surface area contributed by atoms with Crippen LogP contribution in [0, 0.1) is 0 Å². The van der Waals surface area contributed by atoms with Gasteiger partial charge in [0, 0.05) is 11.6 Å². The van der Waals surface area contributed by atoms with Crippen LogP contribution in [0.2, 0.25) is 5.02 Å². The number of hydrogen-bond acceptors (Lipinski definition) is 2. The van der Waals surface area contributed by atoms with Crippen LogP contribution in [0.4, 0.5) is 0 Å². The molecule has 0 aliphatic carbocycles. The van der Waals surface area contributed by atoms with Gasteiger partial charge in [0.1, 0.15) is 5.76 Å². The smallest absolute Gasteiger partial charge is 0.169 e. The minimum absolute atomic E-state index is 0.706. The first-order chi connectivity index (χ1) is 7.74. The van der Waals surface area contributed by atoms with Crippen LogP contribution in [-0.2, 0) is 13.1 Å². The molecule has 84 valence electrons. The molecule has 2 rings (SSSR count). The van der Waals surface area contributed by atoms with Gasteiger partial charge in [-0.05, 0) is 45.8 Å². The van der Waals surface area contributed by atoms with Gasteiger partial charge in [0.05, 0.1) is 6.54 Å². The fourth-order valence-electron chi connectivity index (χ4n) is 1.42. The zero-order valence-electron chi connectivity index (χ0n) is 8.54. The van der Waals surface area contributed by atoms with Gasteiger partial charge in [-0.1, -0.05) is 23.7 Å². The molecule has 0 aliphatic rings. The molecule has 0 bridgehead atoms. The highest BCUT2D eigenvalue weighted by atomic mass is 79.9. The topological polar surface area (TPSA) is 25.2 Å². The van der Waals surface area contributed by atoms with Crippen LogP contribution < -0.4 is 5.32 Å². The summed E-state index contributed by atoms with van der Waals surface area (Å²) in [5.74, 6) is 0.911. The van der Waals surface area contributed by atoms with Crippen LogP contribution in [0.3, 0.4) is 0 Å². The standard InChI is InChI=1S/C12H11BrClNO/c13-12-5-4-11(16-12)8-15-7-9-2-1-3-10(14)6-9/h1-6,15H,7-8H2. The molecule has 16 heavy (non-hydrogen) atoms. The van der Waals surface area contributed by atoms with Crippen LogP contribution in [-0.4, -0.2) is 0 Å². The predicted octanol–water partition coefficient (Wildman–Crippen LogP) is 3.99. The number of furan rings is 1. The lowest BCUT2D eigenvalue weighted by Crippen LogP contribution is -2.11. The molecule has 0 unspecified atom stereocenters. The summed E-state index contributed by atoms with van der Waals surface area (Å²) in [7, 11) is 0. The molecule has 4 heteroatoms. The van der Waals surface area contributed by atoms with Crippen LogP contribution in [0.15, 0.2) is 45.5 Å². The second-order valence-corrected chi connectivity index (χ2v) is 4.66. The summed E-state index contributed by atoms with van der Waals surface area (Å²) < 4.78 is 6.13. The third-order valence-electron chi connectivity index (χ3n) is 2.15. The second-order valence-electron chi connectivity index (χ2n) is 3.44. The van der Waals surface area contributed by atoms with E-state index in [2.05, 4.69) is 21.2 Å². The summed E-state index contributed by atoms with van der Waals surface area (Å²) in [6.07, 6.45) is 0. The highest BCUT2D eigenvalue weighted by Gasteiger charge is 1.99. The molecule has 0 saturated carbocycles. The van der Waals surface area contributed by atoms with Gasteiger partial charge < -0.3 is 9.73 Å². The molecule has 0 aliphatic heterocycles. The summed E-state index contributed by atoms with van der Waals surface area (Å²) in [4.78, 5) is 0. The Labute approximate surface area is 108 Å². The van der Waals surface area contributed by atoms with Gasteiger partial charge in [-0.15, -0.1) is 0 Å². The fourth-order valence-corrected chi connectivity index (χ4v) is 1.98. The van der Waals surface area contributed by atoms with E-state index in [9.17, 15) is 0 Å². The van der Waals surface area contributed by atoms with E-state index in [4.69, 9.17) is 16.0 Å². The van der Waals surface area contributed by atoms with Crippen LogP contribution in [0.5, 0.6) is 0 Å². The van der Waals surface area contributed by atoms with E-state index in [-0.39, 0.29) is 0 Å². The van der Waals surface area contributed by atoms with Crippen molar-refractivity contribution < 1.29 is 4.42 Å². The molecule has 0 radical (unpaired) electrons. The average molecular weight is 301 g/mol. The summed E-state index contributed by atoms with van der Waals surface area (Å²) in [5.41, 5.74) is 1.16. The van der Waals surface area contributed by atoms with Crippen LogP contribution in [0.1, 0.15) is 11.3 Å². The lowest BCUT2D eigenvalue weighted by atomic mass is 10.2. The predicted molar refractivity (Wildman–Crippen MR) is 68.4 cm³/mol. The largest absolute Gasteiger partial charge is 0.453 e. The average Bonchev–Trinajstić information content (AvgIpc) is 2.64. The first kappa shape index (κ1) is 11.7. The van der Waals surface area contributed by atoms with Crippen molar-refractivity contribution in [3.8, 4) is 0 Å². The molecule has 0 spiro atoms. The minimum Gasteiger partial charge on any atom is -0.453 e. The first-order valence-electron chi connectivity index (χ1n) is 4.93. The molecular weight excluding hydrogens is 289 g/mol. The SMILES string of the molecule is Clc1cccc(CNCc2ccc(Br)o2)c1. The molecule has 0 saturated heterocycles. The molecule has 0 atom stereocenters. The van der Waals surface area contributed by atoms with E-state index < -0.39 is 0 Å². The zero-order chi connectivity index (χ0) is 11.4. The normalized spacial score (nSPS) is 10.6. The Morgan fingerprint density at radius 1 is 1.19 bits per heavy atom. The molecule has 1 heterocycles. The molecule has 2 nitrogen and oxygen atoms in total. The lowest BCUT2D eigenvalue weighted by Gasteiger charge is -2.03. The molecule has 0 fully saturated rings. The van der Waals surface area contributed by atoms with E-state index >= 15 is 0 Å². The van der Waals surface area contributed by atoms with E-state index in [0.717, 1.165) is 27.6 Å². The Bertz CT molecular complexity index is 470. The Kier molecular flexibility index (Phi) is 4.04. The number of halogens is 2. The van der Waals surface area contributed by atoms with Crippen LogP contribution >= 0.6 is 27.5 Å². The number of nitrogens with one attached hydrogen (secondary N) is 1. The van der Waals surface area contributed by atoms with Crippen LogP contribution in [0.25, 0.3) is 0 Å². The van der Waals surface area contributed by atoms with Gasteiger partial charge >= 0.3 is 0 Å². The number of benzene rings is 1. The molecule has 1 N–H and O–H groups in total. The van der Waals surface area contributed by atoms with E-state index in [1.807, 2.05) is 36.4 Å². The van der Waals surface area contributed by atoms with Gasteiger partial charge in [0.25, 0.3) is 0 Å². The van der Waals surface area contributed by atoms with Crippen molar-refractivity contribution in [1.29, 1.82) is 0 Å². The summed E-state index contributed by atoms with van der Waals surface area (Å²) in [6, 6.07) is 11.6. The maximum absolute atomic E-state index is 5.89. The van der Waals surface area contributed by atoms with Gasteiger partial charge in [0.2, 0.25) is 0 Å². The Morgan fingerprint density at radius 3 is 2.75 bits per heavy atom. The molecular formula is C12H11BrClNO. The Balaban J connectivity index is 1.84. The second kappa shape index (κ2) is 5.53. The highest BCUT2D eigenvalue weighted by Crippen LogP contribution is 2.14. The molecule has 1 aromatic carbocycles. The molecule has 2 aromatic rings. The van der Waals surface area contributed by atoms with Crippen molar-refractivity contribution in [2.24, 2.45) is 0 Å². The van der Waals surface area contributed by atoms with E-state index in [1.165, 1.54) is 0 Å². The highest BCUT2D eigenvalue weighted by molar-refractivity contribution is 9.10. The first-order valence-corrected chi connectivity index (χ1v) is 6.10. The quantitative estimate of drug-likeness (QED) is 0.924. The summed E-state index contributed by atoms with van der Waals surface area (Å²) in [6.45, 7) is 1.48. The maximum atomic E-state index is 5.89. The summed E-state index contributed by atoms with van der Waals surface area (Å²) >= 11 is 9.16. The zero-order valence-corrected chi connectivity index (χ0v) is 10.9. The molecule has 1 aromatic heterocycles. The maximum Gasteiger partial charge on any atom is 0.169 e. The van der Waals surface area contributed by atoms with E-state index in [1.54, 1.807) is 0 Å². The van der Waals surface area contributed by atoms with Gasteiger partial charge in [0.15, 0.2) is 4.67 Å². The third kappa shape index (κ3) is 3.37.